The van der Waals surface area contributed by atoms with Crippen LogP contribution in [-0.2, 0) is 11.0 Å². The van der Waals surface area contributed by atoms with Gasteiger partial charge in [-0.3, -0.25) is 4.79 Å². The van der Waals surface area contributed by atoms with E-state index < -0.39 is 12.0 Å². The summed E-state index contributed by atoms with van der Waals surface area (Å²) in [6.07, 6.45) is -4.56. The Morgan fingerprint density at radius 2 is 1.81 bits per heavy atom. The molecule has 0 radical (unpaired) electrons. The first-order valence-corrected chi connectivity index (χ1v) is 10.4. The fourth-order valence-corrected chi connectivity index (χ4v) is 4.05. The van der Waals surface area contributed by atoms with E-state index in [1.54, 1.807) is 18.2 Å². The number of nitriles is 1. The van der Waals surface area contributed by atoms with Gasteiger partial charge in [-0.05, 0) is 43.2 Å². The standard InChI is InChI=1S/C22H19F3N4OS/c1-14-10-15(2)12-16(11-14)29(9-5-8-26)19(30)13-31-20-17-6-3-4-7-18(17)27-21(28-20)22(23,24)25/h3-4,6-7,10-12H,5,9,13H2,1-2H3. The summed E-state index contributed by atoms with van der Waals surface area (Å²) in [6.45, 7) is 4.00. The zero-order valence-corrected chi connectivity index (χ0v) is 17.7. The van der Waals surface area contributed by atoms with Gasteiger partial charge in [0.2, 0.25) is 11.7 Å². The van der Waals surface area contributed by atoms with E-state index in [0.717, 1.165) is 22.9 Å². The molecule has 2 aromatic carbocycles. The second-order valence-corrected chi connectivity index (χ2v) is 7.92. The maximum absolute atomic E-state index is 13.2. The van der Waals surface area contributed by atoms with Gasteiger partial charge in [-0.25, -0.2) is 9.97 Å². The minimum atomic E-state index is -4.69. The van der Waals surface area contributed by atoms with Crippen molar-refractivity contribution in [2.45, 2.75) is 31.5 Å². The van der Waals surface area contributed by atoms with Crippen molar-refractivity contribution in [1.29, 1.82) is 5.26 Å². The van der Waals surface area contributed by atoms with Crippen LogP contribution in [0, 0.1) is 25.2 Å². The molecule has 160 valence electrons. The van der Waals surface area contributed by atoms with Crippen molar-refractivity contribution in [3.63, 3.8) is 0 Å². The molecule has 3 rings (SSSR count). The molecule has 0 saturated carbocycles. The van der Waals surface area contributed by atoms with Crippen molar-refractivity contribution in [1.82, 2.24) is 9.97 Å². The molecule has 0 aliphatic rings. The Morgan fingerprint density at radius 1 is 1.13 bits per heavy atom. The Hall–Kier alpha value is -3.12. The van der Waals surface area contributed by atoms with E-state index in [2.05, 4.69) is 9.97 Å². The van der Waals surface area contributed by atoms with Gasteiger partial charge in [0.15, 0.2) is 0 Å². The summed E-state index contributed by atoms with van der Waals surface area (Å²) < 4.78 is 39.7. The fourth-order valence-electron chi connectivity index (χ4n) is 3.16. The fraction of sp³-hybridized carbons (Fsp3) is 0.273. The van der Waals surface area contributed by atoms with Crippen LogP contribution in [0.5, 0.6) is 0 Å². The number of hydrogen-bond acceptors (Lipinski definition) is 5. The molecule has 5 nitrogen and oxygen atoms in total. The third-order valence-electron chi connectivity index (χ3n) is 4.42. The molecular weight excluding hydrogens is 425 g/mol. The van der Waals surface area contributed by atoms with Crippen molar-refractivity contribution < 1.29 is 18.0 Å². The van der Waals surface area contributed by atoms with E-state index in [1.165, 1.54) is 11.0 Å². The number of fused-ring (bicyclic) bond motifs is 1. The highest BCUT2D eigenvalue weighted by Gasteiger charge is 2.35. The van der Waals surface area contributed by atoms with Crippen LogP contribution >= 0.6 is 11.8 Å². The largest absolute Gasteiger partial charge is 0.451 e. The number of thioether (sulfide) groups is 1. The first-order valence-electron chi connectivity index (χ1n) is 9.41. The molecule has 1 heterocycles. The molecule has 3 aromatic rings. The number of anilines is 1. The van der Waals surface area contributed by atoms with Crippen LogP contribution in [0.4, 0.5) is 18.9 Å². The van der Waals surface area contributed by atoms with Gasteiger partial charge in [0.25, 0.3) is 0 Å². The number of para-hydroxylation sites is 1. The number of aromatic nitrogens is 2. The lowest BCUT2D eigenvalue weighted by molar-refractivity contribution is -0.145. The average Bonchev–Trinajstić information content (AvgIpc) is 2.70. The molecule has 0 atom stereocenters. The second-order valence-electron chi connectivity index (χ2n) is 6.96. The third kappa shape index (κ3) is 5.52. The van der Waals surface area contributed by atoms with Crippen LogP contribution in [0.25, 0.3) is 10.9 Å². The molecule has 0 bridgehead atoms. The number of halogens is 3. The topological polar surface area (TPSA) is 69.9 Å². The number of alkyl halides is 3. The minimum absolute atomic E-state index is 0.0898. The molecular formula is C22H19F3N4OS. The van der Waals surface area contributed by atoms with Crippen molar-refractivity contribution in [2.75, 3.05) is 17.2 Å². The van der Waals surface area contributed by atoms with E-state index in [4.69, 9.17) is 5.26 Å². The molecule has 1 aromatic heterocycles. The smallest absolute Gasteiger partial charge is 0.311 e. The lowest BCUT2D eigenvalue weighted by Crippen LogP contribution is -2.33. The maximum Gasteiger partial charge on any atom is 0.451 e. The quantitative estimate of drug-likeness (QED) is 0.381. The highest BCUT2D eigenvalue weighted by Crippen LogP contribution is 2.32. The van der Waals surface area contributed by atoms with Crippen molar-refractivity contribution in [2.24, 2.45) is 0 Å². The number of carbonyl (C=O) groups excluding carboxylic acids is 1. The Balaban J connectivity index is 1.90. The maximum atomic E-state index is 13.2. The third-order valence-corrected chi connectivity index (χ3v) is 5.40. The van der Waals surface area contributed by atoms with Gasteiger partial charge in [-0.1, -0.05) is 36.0 Å². The zero-order chi connectivity index (χ0) is 22.6. The lowest BCUT2D eigenvalue weighted by atomic mass is 10.1. The lowest BCUT2D eigenvalue weighted by Gasteiger charge is -2.23. The molecule has 0 aliphatic carbocycles. The molecule has 0 spiro atoms. The summed E-state index contributed by atoms with van der Waals surface area (Å²) in [4.78, 5) is 21.8. The number of benzene rings is 2. The zero-order valence-electron chi connectivity index (χ0n) is 16.9. The Bertz CT molecular complexity index is 1140. The van der Waals surface area contributed by atoms with Crippen LogP contribution in [-0.4, -0.2) is 28.2 Å². The molecule has 0 fully saturated rings. The predicted octanol–water partition coefficient (Wildman–Crippen LogP) is 5.30. The molecule has 0 aliphatic heterocycles. The first-order chi connectivity index (χ1) is 14.7. The highest BCUT2D eigenvalue weighted by molar-refractivity contribution is 8.00. The van der Waals surface area contributed by atoms with Crippen molar-refractivity contribution in [3.8, 4) is 6.07 Å². The van der Waals surface area contributed by atoms with E-state index in [1.807, 2.05) is 38.1 Å². The molecule has 0 saturated heterocycles. The molecule has 9 heteroatoms. The Morgan fingerprint density at radius 3 is 2.45 bits per heavy atom. The van der Waals surface area contributed by atoms with E-state index in [0.29, 0.717) is 11.1 Å². The van der Waals surface area contributed by atoms with Crippen molar-refractivity contribution in [3.05, 3.63) is 59.4 Å². The minimum Gasteiger partial charge on any atom is -0.311 e. The van der Waals surface area contributed by atoms with E-state index in [9.17, 15) is 18.0 Å². The second kappa shape index (κ2) is 9.35. The Kier molecular flexibility index (Phi) is 6.81. The number of carbonyl (C=O) groups is 1. The highest BCUT2D eigenvalue weighted by atomic mass is 32.2. The van der Waals surface area contributed by atoms with Gasteiger partial charge in [0, 0.05) is 17.6 Å². The van der Waals surface area contributed by atoms with Gasteiger partial charge in [0.05, 0.1) is 23.8 Å². The molecule has 0 N–H and O–H groups in total. The van der Waals surface area contributed by atoms with Gasteiger partial charge >= 0.3 is 6.18 Å². The SMILES string of the molecule is Cc1cc(C)cc(N(CCC#N)C(=O)CSc2nc(C(F)(F)F)nc3ccccc23)c1. The summed E-state index contributed by atoms with van der Waals surface area (Å²) in [6, 6.07) is 14.1. The van der Waals surface area contributed by atoms with Crippen molar-refractivity contribution >= 4 is 34.3 Å². The van der Waals surface area contributed by atoms with Crippen LogP contribution in [0.2, 0.25) is 0 Å². The number of rotatable bonds is 6. The number of hydrogen-bond donors (Lipinski definition) is 0. The monoisotopic (exact) mass is 444 g/mol. The van der Waals surface area contributed by atoms with Crippen LogP contribution in [0.1, 0.15) is 23.4 Å². The first kappa shape index (κ1) is 22.6. The Labute approximate surface area is 181 Å². The van der Waals surface area contributed by atoms with E-state index in [-0.39, 0.29) is 35.2 Å². The van der Waals surface area contributed by atoms with Gasteiger partial charge in [-0.15, -0.1) is 0 Å². The average molecular weight is 444 g/mol. The molecule has 31 heavy (non-hydrogen) atoms. The van der Waals surface area contributed by atoms with E-state index >= 15 is 0 Å². The normalized spacial score (nSPS) is 11.4. The summed E-state index contributed by atoms with van der Waals surface area (Å²) >= 11 is 0.928. The number of nitrogens with zero attached hydrogens (tertiary/aromatic N) is 4. The summed E-state index contributed by atoms with van der Waals surface area (Å²) in [5, 5.41) is 9.51. The predicted molar refractivity (Wildman–Crippen MR) is 114 cm³/mol. The van der Waals surface area contributed by atoms with Crippen LogP contribution < -0.4 is 4.90 Å². The summed E-state index contributed by atoms with van der Waals surface area (Å²) in [7, 11) is 0. The molecule has 1 amide bonds. The number of aryl methyl sites for hydroxylation is 2. The van der Waals surface area contributed by atoms with Crippen LogP contribution in [0.15, 0.2) is 47.5 Å². The van der Waals surface area contributed by atoms with Gasteiger partial charge in [0.1, 0.15) is 5.03 Å². The van der Waals surface area contributed by atoms with Gasteiger partial charge < -0.3 is 4.90 Å². The summed E-state index contributed by atoms with van der Waals surface area (Å²) in [5.74, 6) is -1.69. The molecule has 0 unspecified atom stereocenters. The van der Waals surface area contributed by atoms with Gasteiger partial charge in [-0.2, -0.15) is 18.4 Å². The number of amides is 1. The van der Waals surface area contributed by atoms with Crippen LogP contribution in [0.3, 0.4) is 0 Å². The summed E-state index contributed by atoms with van der Waals surface area (Å²) in [5.41, 5.74) is 2.75.